The zero-order chi connectivity index (χ0) is 12.5. The van der Waals surface area contributed by atoms with E-state index in [1.54, 1.807) is 12.1 Å². The van der Waals surface area contributed by atoms with Crippen LogP contribution in [0.1, 0.15) is 31.2 Å². The van der Waals surface area contributed by atoms with Crippen LogP contribution in [0.4, 0.5) is 5.69 Å². The van der Waals surface area contributed by atoms with Gasteiger partial charge >= 0.3 is 0 Å². The van der Waals surface area contributed by atoms with Crippen LogP contribution in [0.15, 0.2) is 29.2 Å². The van der Waals surface area contributed by atoms with Gasteiger partial charge in [0.25, 0.3) is 0 Å². The topological polar surface area (TPSA) is 86.2 Å². The van der Waals surface area contributed by atoms with Crippen molar-refractivity contribution in [2.45, 2.75) is 30.6 Å². The van der Waals surface area contributed by atoms with E-state index in [9.17, 15) is 8.42 Å². The van der Waals surface area contributed by atoms with Crippen molar-refractivity contribution in [1.82, 2.24) is 0 Å². The first-order chi connectivity index (χ1) is 7.98. The van der Waals surface area contributed by atoms with E-state index in [2.05, 4.69) is 6.08 Å². The molecule has 1 aromatic rings. The predicted octanol–water partition coefficient (Wildman–Crippen LogP) is 1.87. The van der Waals surface area contributed by atoms with Gasteiger partial charge < -0.3 is 5.73 Å². The highest BCUT2D eigenvalue weighted by Crippen LogP contribution is 2.31. The van der Waals surface area contributed by atoms with Gasteiger partial charge in [0.1, 0.15) is 0 Å². The Kier molecular flexibility index (Phi) is 3.22. The maximum absolute atomic E-state index is 11.3. The summed E-state index contributed by atoms with van der Waals surface area (Å²) in [5.74, 6) is 0. The molecule has 4 N–H and O–H groups in total. The minimum atomic E-state index is -3.66. The quantitative estimate of drug-likeness (QED) is 0.788. The lowest BCUT2D eigenvalue weighted by Gasteiger charge is -2.15. The van der Waals surface area contributed by atoms with E-state index in [-0.39, 0.29) is 4.90 Å². The first kappa shape index (κ1) is 12.1. The average molecular weight is 252 g/mol. The Morgan fingerprint density at radius 3 is 2.53 bits per heavy atom. The smallest absolute Gasteiger partial charge is 0.238 e. The first-order valence-corrected chi connectivity index (χ1v) is 7.15. The summed E-state index contributed by atoms with van der Waals surface area (Å²) in [5, 5.41) is 5.12. The summed E-state index contributed by atoms with van der Waals surface area (Å²) in [6.45, 7) is 0. The summed E-state index contributed by atoms with van der Waals surface area (Å²) in [6, 6.07) is 4.61. The van der Waals surface area contributed by atoms with E-state index in [1.807, 2.05) is 0 Å². The Labute approximate surface area is 101 Å². The minimum Gasteiger partial charge on any atom is -0.398 e. The summed E-state index contributed by atoms with van der Waals surface area (Å²) in [5.41, 5.74) is 8.42. The summed E-state index contributed by atoms with van der Waals surface area (Å²) >= 11 is 0. The van der Waals surface area contributed by atoms with Crippen LogP contribution in [-0.4, -0.2) is 8.42 Å². The summed E-state index contributed by atoms with van der Waals surface area (Å²) in [7, 11) is -3.66. The van der Waals surface area contributed by atoms with Crippen molar-refractivity contribution in [2.75, 3.05) is 5.73 Å². The highest BCUT2D eigenvalue weighted by Gasteiger charge is 2.14. The maximum Gasteiger partial charge on any atom is 0.238 e. The number of benzene rings is 1. The molecule has 17 heavy (non-hydrogen) atoms. The molecule has 0 fully saturated rings. The molecule has 0 bridgehead atoms. The van der Waals surface area contributed by atoms with Crippen LogP contribution in [0.3, 0.4) is 0 Å². The van der Waals surface area contributed by atoms with E-state index < -0.39 is 10.0 Å². The van der Waals surface area contributed by atoms with Gasteiger partial charge in [-0.25, -0.2) is 13.6 Å². The van der Waals surface area contributed by atoms with Gasteiger partial charge in [-0.3, -0.25) is 0 Å². The molecule has 0 radical (unpaired) electrons. The van der Waals surface area contributed by atoms with Crippen molar-refractivity contribution in [1.29, 1.82) is 0 Å². The van der Waals surface area contributed by atoms with Gasteiger partial charge in [-0.15, -0.1) is 0 Å². The van der Waals surface area contributed by atoms with E-state index in [0.717, 1.165) is 30.4 Å². The normalized spacial score (nSPS) is 16.6. The zero-order valence-electron chi connectivity index (χ0n) is 9.52. The Balaban J connectivity index is 2.50. The van der Waals surface area contributed by atoms with E-state index in [1.165, 1.54) is 12.5 Å². The third-order valence-corrected chi connectivity index (χ3v) is 3.90. The van der Waals surface area contributed by atoms with Crippen LogP contribution in [0.25, 0.3) is 5.57 Å². The van der Waals surface area contributed by atoms with Gasteiger partial charge in [-0.1, -0.05) is 6.08 Å². The summed E-state index contributed by atoms with van der Waals surface area (Å²) in [4.78, 5) is 0.119. The number of sulfonamides is 1. The van der Waals surface area contributed by atoms with Gasteiger partial charge in [-0.2, -0.15) is 0 Å². The fourth-order valence-electron chi connectivity index (χ4n) is 2.07. The molecule has 0 saturated carbocycles. The Bertz CT molecular complexity index is 562. The van der Waals surface area contributed by atoms with Crippen molar-refractivity contribution >= 4 is 21.3 Å². The predicted molar refractivity (Wildman–Crippen MR) is 68.7 cm³/mol. The van der Waals surface area contributed by atoms with Crippen molar-refractivity contribution in [3.63, 3.8) is 0 Å². The Morgan fingerprint density at radius 2 is 1.94 bits per heavy atom. The number of primary sulfonamides is 1. The maximum atomic E-state index is 11.3. The van der Waals surface area contributed by atoms with E-state index in [4.69, 9.17) is 10.9 Å². The first-order valence-electron chi connectivity index (χ1n) is 5.60. The Morgan fingerprint density at radius 1 is 1.18 bits per heavy atom. The highest BCUT2D eigenvalue weighted by atomic mass is 32.2. The molecule has 5 heteroatoms. The molecule has 4 nitrogen and oxygen atoms in total. The minimum absolute atomic E-state index is 0.119. The van der Waals surface area contributed by atoms with Crippen molar-refractivity contribution in [3.8, 4) is 0 Å². The lowest BCUT2D eigenvalue weighted by atomic mass is 9.93. The molecule has 0 saturated heterocycles. The van der Waals surface area contributed by atoms with Gasteiger partial charge in [0.2, 0.25) is 10.0 Å². The fourth-order valence-corrected chi connectivity index (χ4v) is 2.61. The Hall–Kier alpha value is -1.33. The summed E-state index contributed by atoms with van der Waals surface area (Å²) in [6.07, 6.45) is 6.39. The molecule has 0 unspecified atom stereocenters. The van der Waals surface area contributed by atoms with Gasteiger partial charge in [0, 0.05) is 11.3 Å². The van der Waals surface area contributed by atoms with Crippen molar-refractivity contribution < 1.29 is 8.42 Å². The third-order valence-electron chi connectivity index (χ3n) is 2.99. The number of hydrogen-bond donors (Lipinski definition) is 2. The number of rotatable bonds is 2. The highest BCUT2D eigenvalue weighted by molar-refractivity contribution is 7.89. The molecule has 0 aliphatic heterocycles. The molecular formula is C12H16N2O2S. The van der Waals surface area contributed by atoms with Crippen molar-refractivity contribution in [2.24, 2.45) is 5.14 Å². The lowest BCUT2D eigenvalue weighted by Crippen LogP contribution is -2.13. The van der Waals surface area contributed by atoms with Crippen LogP contribution in [0, 0.1) is 0 Å². The second-order valence-electron chi connectivity index (χ2n) is 4.27. The molecule has 0 aromatic heterocycles. The molecule has 1 aliphatic rings. The molecule has 0 heterocycles. The number of hydrogen-bond acceptors (Lipinski definition) is 3. The van der Waals surface area contributed by atoms with Crippen molar-refractivity contribution in [3.05, 3.63) is 29.8 Å². The van der Waals surface area contributed by atoms with Crippen LogP contribution >= 0.6 is 0 Å². The standard InChI is InChI=1S/C12H16N2O2S/c13-12-7-6-10(17(14,15)16)8-11(12)9-4-2-1-3-5-9/h4,6-8H,1-3,5,13H2,(H2,14,15,16). The number of nitrogens with two attached hydrogens (primary N) is 2. The van der Waals surface area contributed by atoms with Gasteiger partial charge in [0.15, 0.2) is 0 Å². The molecule has 0 atom stereocenters. The van der Waals surface area contributed by atoms with Crippen LogP contribution in [0.2, 0.25) is 0 Å². The molecule has 92 valence electrons. The zero-order valence-corrected chi connectivity index (χ0v) is 10.3. The van der Waals surface area contributed by atoms with Gasteiger partial charge in [0.05, 0.1) is 4.90 Å². The van der Waals surface area contributed by atoms with E-state index in [0.29, 0.717) is 5.69 Å². The number of allylic oxidation sites excluding steroid dienone is 2. The summed E-state index contributed by atoms with van der Waals surface area (Å²) < 4.78 is 22.6. The molecule has 2 rings (SSSR count). The molecular weight excluding hydrogens is 236 g/mol. The SMILES string of the molecule is Nc1ccc(S(N)(=O)=O)cc1C1=CCCCC1. The number of nitrogen functional groups attached to an aromatic ring is 1. The monoisotopic (exact) mass is 252 g/mol. The van der Waals surface area contributed by atoms with E-state index >= 15 is 0 Å². The van der Waals surface area contributed by atoms with Crippen LogP contribution < -0.4 is 10.9 Å². The van der Waals surface area contributed by atoms with Gasteiger partial charge in [-0.05, 0) is 49.5 Å². The average Bonchev–Trinajstić information content (AvgIpc) is 2.29. The largest absolute Gasteiger partial charge is 0.398 e. The molecule has 1 aromatic carbocycles. The second-order valence-corrected chi connectivity index (χ2v) is 5.83. The lowest BCUT2D eigenvalue weighted by molar-refractivity contribution is 0.598. The molecule has 1 aliphatic carbocycles. The number of anilines is 1. The molecule has 0 amide bonds. The van der Waals surface area contributed by atoms with Crippen LogP contribution in [-0.2, 0) is 10.0 Å². The van der Waals surface area contributed by atoms with Crippen LogP contribution in [0.5, 0.6) is 0 Å². The molecule has 0 spiro atoms. The second kappa shape index (κ2) is 4.50. The third kappa shape index (κ3) is 2.68. The fraction of sp³-hybridized carbons (Fsp3) is 0.333.